The molecule has 1 aliphatic carbocycles. The van der Waals surface area contributed by atoms with Crippen LogP contribution in [0.2, 0.25) is 0 Å². The molecule has 1 saturated carbocycles. The van der Waals surface area contributed by atoms with Crippen LogP contribution >= 0.6 is 0 Å². The summed E-state index contributed by atoms with van der Waals surface area (Å²) >= 11 is 0. The maximum atomic E-state index is 6.14. The molecule has 1 fully saturated rings. The Morgan fingerprint density at radius 1 is 1.17 bits per heavy atom. The van der Waals surface area contributed by atoms with E-state index in [1.54, 1.807) is 7.11 Å². The fourth-order valence-corrected chi connectivity index (χ4v) is 2.47. The average Bonchev–Trinajstić information content (AvgIpc) is 2.46. The van der Waals surface area contributed by atoms with Crippen molar-refractivity contribution in [2.75, 3.05) is 7.11 Å². The third kappa shape index (κ3) is 3.36. The van der Waals surface area contributed by atoms with Crippen LogP contribution in [0, 0.1) is 0 Å². The van der Waals surface area contributed by atoms with Gasteiger partial charge in [-0.15, -0.1) is 6.58 Å². The van der Waals surface area contributed by atoms with Gasteiger partial charge in [-0.1, -0.05) is 37.5 Å². The highest BCUT2D eigenvalue weighted by Crippen LogP contribution is 2.28. The third-order valence-corrected chi connectivity index (χ3v) is 3.55. The molecule has 0 spiro atoms. The van der Waals surface area contributed by atoms with Crippen molar-refractivity contribution >= 4 is 0 Å². The first-order chi connectivity index (χ1) is 8.83. The van der Waals surface area contributed by atoms with E-state index < -0.39 is 0 Å². The second-order valence-electron chi connectivity index (χ2n) is 4.83. The first-order valence-electron chi connectivity index (χ1n) is 6.75. The van der Waals surface area contributed by atoms with Crippen molar-refractivity contribution in [1.29, 1.82) is 0 Å². The molecule has 98 valence electrons. The lowest BCUT2D eigenvalue weighted by Gasteiger charge is -2.26. The van der Waals surface area contributed by atoms with Gasteiger partial charge in [0.25, 0.3) is 0 Å². The quantitative estimate of drug-likeness (QED) is 0.722. The van der Waals surface area contributed by atoms with E-state index >= 15 is 0 Å². The Bertz CT molecular complexity index is 363. The number of hydrogen-bond donors (Lipinski definition) is 0. The van der Waals surface area contributed by atoms with Crippen molar-refractivity contribution in [1.82, 2.24) is 0 Å². The van der Waals surface area contributed by atoms with Crippen LogP contribution in [0.5, 0.6) is 5.75 Å². The van der Waals surface area contributed by atoms with E-state index in [1.807, 2.05) is 30.3 Å². The van der Waals surface area contributed by atoms with Crippen molar-refractivity contribution < 1.29 is 9.47 Å². The SMILES string of the molecule is C=C[C@@H](OC1CCCCC1)c1ccc(OC)cc1. The van der Waals surface area contributed by atoms with Crippen LogP contribution in [0.4, 0.5) is 0 Å². The number of rotatable bonds is 5. The summed E-state index contributed by atoms with van der Waals surface area (Å²) in [5.41, 5.74) is 1.15. The number of methoxy groups -OCH3 is 1. The highest BCUT2D eigenvalue weighted by Gasteiger charge is 2.18. The lowest BCUT2D eigenvalue weighted by molar-refractivity contribution is -0.00815. The van der Waals surface area contributed by atoms with E-state index in [4.69, 9.17) is 9.47 Å². The maximum absolute atomic E-state index is 6.14. The van der Waals surface area contributed by atoms with E-state index in [1.165, 1.54) is 32.1 Å². The Labute approximate surface area is 110 Å². The molecule has 0 amide bonds. The van der Waals surface area contributed by atoms with Crippen LogP contribution in [0.25, 0.3) is 0 Å². The molecule has 2 nitrogen and oxygen atoms in total. The minimum absolute atomic E-state index is 0.000920. The summed E-state index contributed by atoms with van der Waals surface area (Å²) in [5, 5.41) is 0. The van der Waals surface area contributed by atoms with Crippen molar-refractivity contribution in [2.24, 2.45) is 0 Å². The molecule has 0 bridgehead atoms. The monoisotopic (exact) mass is 246 g/mol. The van der Waals surface area contributed by atoms with Crippen LogP contribution in [0.1, 0.15) is 43.8 Å². The molecule has 0 aliphatic heterocycles. The van der Waals surface area contributed by atoms with Gasteiger partial charge >= 0.3 is 0 Å². The molecule has 1 aromatic rings. The zero-order chi connectivity index (χ0) is 12.8. The lowest BCUT2D eigenvalue weighted by Crippen LogP contribution is -2.18. The van der Waals surface area contributed by atoms with Crippen LogP contribution in [0.3, 0.4) is 0 Å². The summed E-state index contributed by atoms with van der Waals surface area (Å²) < 4.78 is 11.3. The summed E-state index contributed by atoms with van der Waals surface area (Å²) in [6.45, 7) is 3.89. The van der Waals surface area contributed by atoms with Gasteiger partial charge in [0.1, 0.15) is 11.9 Å². The van der Waals surface area contributed by atoms with Gasteiger partial charge in [-0.3, -0.25) is 0 Å². The van der Waals surface area contributed by atoms with Gasteiger partial charge < -0.3 is 9.47 Å². The van der Waals surface area contributed by atoms with Crippen LogP contribution in [-0.4, -0.2) is 13.2 Å². The zero-order valence-electron chi connectivity index (χ0n) is 11.1. The predicted octanol–water partition coefficient (Wildman–Crippen LogP) is 4.27. The molecule has 0 saturated heterocycles. The second-order valence-corrected chi connectivity index (χ2v) is 4.83. The summed E-state index contributed by atoms with van der Waals surface area (Å²) in [5.74, 6) is 0.874. The largest absolute Gasteiger partial charge is 0.497 e. The minimum atomic E-state index is -0.000920. The van der Waals surface area contributed by atoms with Gasteiger partial charge in [-0.2, -0.15) is 0 Å². The molecule has 0 N–H and O–H groups in total. The molecule has 2 rings (SSSR count). The number of hydrogen-bond acceptors (Lipinski definition) is 2. The maximum Gasteiger partial charge on any atom is 0.118 e. The molecule has 18 heavy (non-hydrogen) atoms. The highest BCUT2D eigenvalue weighted by molar-refractivity contribution is 5.30. The van der Waals surface area contributed by atoms with Crippen molar-refractivity contribution in [2.45, 2.75) is 44.3 Å². The van der Waals surface area contributed by atoms with Crippen molar-refractivity contribution in [3.63, 3.8) is 0 Å². The topological polar surface area (TPSA) is 18.5 Å². The molecule has 0 radical (unpaired) electrons. The fraction of sp³-hybridized carbons (Fsp3) is 0.500. The summed E-state index contributed by atoms with van der Waals surface area (Å²) in [6.07, 6.45) is 8.56. The standard InChI is InChI=1S/C16H22O2/c1-3-16(18-15-7-5-4-6-8-15)13-9-11-14(17-2)12-10-13/h3,9-12,15-16H,1,4-8H2,2H3/t16-/m1/s1. The minimum Gasteiger partial charge on any atom is -0.497 e. The Morgan fingerprint density at radius 3 is 2.39 bits per heavy atom. The summed E-state index contributed by atoms with van der Waals surface area (Å²) in [7, 11) is 1.68. The molecular weight excluding hydrogens is 224 g/mol. The molecule has 1 atom stereocenters. The number of benzene rings is 1. The molecular formula is C16H22O2. The van der Waals surface area contributed by atoms with Gasteiger partial charge in [-0.25, -0.2) is 0 Å². The Hall–Kier alpha value is -1.28. The first kappa shape index (κ1) is 13.2. The Morgan fingerprint density at radius 2 is 1.83 bits per heavy atom. The van der Waals surface area contributed by atoms with E-state index in [9.17, 15) is 0 Å². The zero-order valence-corrected chi connectivity index (χ0v) is 11.1. The lowest BCUT2D eigenvalue weighted by atomic mass is 9.97. The normalized spacial score (nSPS) is 18.3. The molecule has 1 aromatic carbocycles. The number of ether oxygens (including phenoxy) is 2. The highest BCUT2D eigenvalue weighted by atomic mass is 16.5. The van der Waals surface area contributed by atoms with Gasteiger partial charge in [0.15, 0.2) is 0 Å². The Balaban J connectivity index is 1.99. The average molecular weight is 246 g/mol. The Kier molecular flexibility index (Phi) is 4.82. The van der Waals surface area contributed by atoms with E-state index in [2.05, 4.69) is 6.58 Å². The smallest absolute Gasteiger partial charge is 0.118 e. The molecule has 2 heteroatoms. The van der Waals surface area contributed by atoms with Gasteiger partial charge in [-0.05, 0) is 30.5 Å². The molecule has 0 unspecified atom stereocenters. The van der Waals surface area contributed by atoms with Crippen LogP contribution in [0.15, 0.2) is 36.9 Å². The third-order valence-electron chi connectivity index (χ3n) is 3.55. The predicted molar refractivity (Wildman–Crippen MR) is 73.9 cm³/mol. The van der Waals surface area contributed by atoms with Crippen molar-refractivity contribution in [3.05, 3.63) is 42.5 Å². The second kappa shape index (κ2) is 6.60. The van der Waals surface area contributed by atoms with E-state index in [0.717, 1.165) is 11.3 Å². The van der Waals surface area contributed by atoms with Crippen molar-refractivity contribution in [3.8, 4) is 5.75 Å². The van der Waals surface area contributed by atoms with Gasteiger partial charge in [0.2, 0.25) is 0 Å². The molecule has 0 heterocycles. The molecule has 0 aromatic heterocycles. The fourth-order valence-electron chi connectivity index (χ4n) is 2.47. The summed E-state index contributed by atoms with van der Waals surface area (Å²) in [4.78, 5) is 0. The first-order valence-corrected chi connectivity index (χ1v) is 6.75. The molecule has 1 aliphatic rings. The van der Waals surface area contributed by atoms with Crippen LogP contribution in [-0.2, 0) is 4.74 Å². The van der Waals surface area contributed by atoms with E-state index in [-0.39, 0.29) is 6.10 Å². The van der Waals surface area contributed by atoms with E-state index in [0.29, 0.717) is 6.10 Å². The van der Waals surface area contributed by atoms with Gasteiger partial charge in [0.05, 0.1) is 13.2 Å². The van der Waals surface area contributed by atoms with Gasteiger partial charge in [0, 0.05) is 0 Å². The van der Waals surface area contributed by atoms with Crippen LogP contribution < -0.4 is 4.74 Å². The summed E-state index contributed by atoms with van der Waals surface area (Å²) in [6, 6.07) is 8.04.